The standard InChI is InChI=1S/C29H40N2O7/c1-18(2)8-13-23-28(4,38-23)26-19(3)22(14-15-29(26)17-36-29)37-27(35)30-16-20-9-11-21(12-10-20)31-24(32)6-5-7-25(33)34/h8-12,19,22-23,26H,5-7,13-17H2,1-4H3,(H,30,35)(H,31,32)(H,33,34)/t19-,22-,23?,26-,28?,29+/m1/s1. The van der Waals surface area contributed by atoms with E-state index in [0.717, 1.165) is 31.4 Å². The maximum atomic E-state index is 12.7. The first-order valence-electron chi connectivity index (χ1n) is 13.5. The van der Waals surface area contributed by atoms with Gasteiger partial charge in [0.1, 0.15) is 6.10 Å². The molecule has 1 spiro atoms. The van der Waals surface area contributed by atoms with Gasteiger partial charge in [0.05, 0.1) is 23.9 Å². The van der Waals surface area contributed by atoms with Gasteiger partial charge in [0.15, 0.2) is 0 Å². The molecule has 6 atom stereocenters. The van der Waals surface area contributed by atoms with Crippen molar-refractivity contribution in [1.82, 2.24) is 5.32 Å². The van der Waals surface area contributed by atoms with Crippen molar-refractivity contribution in [3.05, 3.63) is 41.5 Å². The number of hydrogen-bond donors (Lipinski definition) is 3. The maximum absolute atomic E-state index is 12.7. The molecular formula is C29H40N2O7. The van der Waals surface area contributed by atoms with Gasteiger partial charge in [0.2, 0.25) is 5.91 Å². The molecular weight excluding hydrogens is 488 g/mol. The van der Waals surface area contributed by atoms with E-state index in [9.17, 15) is 14.4 Å². The summed E-state index contributed by atoms with van der Waals surface area (Å²) in [4.78, 5) is 35.2. The van der Waals surface area contributed by atoms with Crippen LogP contribution in [0.3, 0.4) is 0 Å². The van der Waals surface area contributed by atoms with Crippen LogP contribution in [0.2, 0.25) is 0 Å². The van der Waals surface area contributed by atoms with Gasteiger partial charge in [-0.3, -0.25) is 9.59 Å². The third-order valence-corrected chi connectivity index (χ3v) is 8.11. The Labute approximate surface area is 224 Å². The van der Waals surface area contributed by atoms with E-state index in [-0.39, 0.29) is 54.0 Å². The third-order valence-electron chi connectivity index (χ3n) is 8.11. The highest BCUT2D eigenvalue weighted by Gasteiger charge is 2.70. The van der Waals surface area contributed by atoms with E-state index in [1.54, 1.807) is 12.1 Å². The van der Waals surface area contributed by atoms with Crippen molar-refractivity contribution in [2.45, 2.75) is 96.2 Å². The Morgan fingerprint density at radius 3 is 2.53 bits per heavy atom. The van der Waals surface area contributed by atoms with Gasteiger partial charge in [-0.05, 0) is 64.2 Å². The van der Waals surface area contributed by atoms with Crippen LogP contribution >= 0.6 is 0 Å². The van der Waals surface area contributed by atoms with Crippen molar-refractivity contribution in [1.29, 1.82) is 0 Å². The van der Waals surface area contributed by atoms with E-state index in [4.69, 9.17) is 19.3 Å². The van der Waals surface area contributed by atoms with Crippen LogP contribution in [0, 0.1) is 11.8 Å². The third kappa shape index (κ3) is 6.74. The number of alkyl carbamates (subject to hydrolysis) is 1. The molecule has 0 radical (unpaired) electrons. The van der Waals surface area contributed by atoms with E-state index < -0.39 is 12.1 Å². The topological polar surface area (TPSA) is 130 Å². The van der Waals surface area contributed by atoms with Crippen molar-refractivity contribution in [2.75, 3.05) is 11.9 Å². The molecule has 9 nitrogen and oxygen atoms in total. The minimum absolute atomic E-state index is 0.0348. The van der Waals surface area contributed by atoms with E-state index in [0.29, 0.717) is 18.7 Å². The van der Waals surface area contributed by atoms with Crippen molar-refractivity contribution in [3.63, 3.8) is 0 Å². The predicted molar refractivity (Wildman–Crippen MR) is 142 cm³/mol. The number of anilines is 1. The van der Waals surface area contributed by atoms with E-state index in [1.807, 2.05) is 12.1 Å². The van der Waals surface area contributed by atoms with Crippen LogP contribution in [0.15, 0.2) is 35.9 Å². The first kappa shape index (κ1) is 28.1. The Balaban J connectivity index is 1.25. The number of carbonyl (C=O) groups excluding carboxylic acids is 2. The highest BCUT2D eigenvalue weighted by molar-refractivity contribution is 5.90. The first-order chi connectivity index (χ1) is 18.0. The molecule has 9 heteroatoms. The van der Waals surface area contributed by atoms with Crippen LogP contribution < -0.4 is 10.6 Å². The molecule has 1 aliphatic carbocycles. The van der Waals surface area contributed by atoms with Crippen LogP contribution in [0.5, 0.6) is 0 Å². The average molecular weight is 529 g/mol. The lowest BCUT2D eigenvalue weighted by molar-refractivity contribution is -0.137. The summed E-state index contributed by atoms with van der Waals surface area (Å²) in [6.45, 7) is 9.55. The molecule has 38 heavy (non-hydrogen) atoms. The molecule has 3 aliphatic rings. The van der Waals surface area contributed by atoms with Gasteiger partial charge in [-0.15, -0.1) is 0 Å². The summed E-state index contributed by atoms with van der Waals surface area (Å²) in [5.41, 5.74) is 2.34. The zero-order valence-corrected chi connectivity index (χ0v) is 22.7. The van der Waals surface area contributed by atoms with Crippen molar-refractivity contribution >= 4 is 23.7 Å². The number of aliphatic carboxylic acids is 1. The second-order valence-electron chi connectivity index (χ2n) is 11.3. The number of rotatable bonds is 11. The molecule has 1 aromatic carbocycles. The van der Waals surface area contributed by atoms with Gasteiger partial charge in [-0.1, -0.05) is 30.7 Å². The summed E-state index contributed by atoms with van der Waals surface area (Å²) < 4.78 is 18.1. The van der Waals surface area contributed by atoms with Crippen LogP contribution in [-0.2, 0) is 30.3 Å². The number of carboxylic acids is 1. The van der Waals surface area contributed by atoms with Gasteiger partial charge < -0.3 is 30.0 Å². The molecule has 0 aromatic heterocycles. The summed E-state index contributed by atoms with van der Waals surface area (Å²) in [6.07, 6.45) is 4.64. The maximum Gasteiger partial charge on any atom is 0.407 e. The van der Waals surface area contributed by atoms with E-state index in [1.165, 1.54) is 5.57 Å². The second kappa shape index (κ2) is 11.5. The fourth-order valence-corrected chi connectivity index (χ4v) is 5.98. The summed E-state index contributed by atoms with van der Waals surface area (Å²) in [6, 6.07) is 7.14. The van der Waals surface area contributed by atoms with E-state index in [2.05, 4.69) is 44.4 Å². The second-order valence-corrected chi connectivity index (χ2v) is 11.3. The summed E-state index contributed by atoms with van der Waals surface area (Å²) in [5.74, 6) is -0.865. The Bertz CT molecular complexity index is 1060. The number of epoxide rings is 2. The number of ether oxygens (including phenoxy) is 3. The van der Waals surface area contributed by atoms with Gasteiger partial charge in [-0.25, -0.2) is 4.79 Å². The zero-order chi connectivity index (χ0) is 27.5. The fraction of sp³-hybridized carbons (Fsp3) is 0.621. The number of benzene rings is 1. The molecule has 4 rings (SSSR count). The highest BCUT2D eigenvalue weighted by atomic mass is 16.6. The van der Waals surface area contributed by atoms with Gasteiger partial charge in [0.25, 0.3) is 0 Å². The molecule has 2 unspecified atom stereocenters. The number of amides is 2. The normalized spacial score (nSPS) is 31.3. The molecule has 1 aromatic rings. The van der Waals surface area contributed by atoms with Gasteiger partial charge in [-0.2, -0.15) is 0 Å². The predicted octanol–water partition coefficient (Wildman–Crippen LogP) is 4.80. The van der Waals surface area contributed by atoms with Crippen LogP contribution in [0.1, 0.15) is 71.8 Å². The lowest BCUT2D eigenvalue weighted by Gasteiger charge is -2.42. The number of allylic oxidation sites excluding steroid dienone is 1. The smallest absolute Gasteiger partial charge is 0.407 e. The van der Waals surface area contributed by atoms with E-state index >= 15 is 0 Å². The molecule has 0 bridgehead atoms. The summed E-state index contributed by atoms with van der Waals surface area (Å²) >= 11 is 0. The van der Waals surface area contributed by atoms with Crippen LogP contribution in [-0.4, -0.2) is 53.1 Å². The Morgan fingerprint density at radius 2 is 1.89 bits per heavy atom. The Hall–Kier alpha value is -2.91. The van der Waals surface area contributed by atoms with Crippen LogP contribution in [0.4, 0.5) is 10.5 Å². The molecule has 2 saturated heterocycles. The Morgan fingerprint density at radius 1 is 1.18 bits per heavy atom. The van der Waals surface area contributed by atoms with Crippen molar-refractivity contribution < 1.29 is 33.7 Å². The van der Waals surface area contributed by atoms with Gasteiger partial charge in [0, 0.05) is 36.9 Å². The number of carbonyl (C=O) groups is 3. The highest BCUT2D eigenvalue weighted by Crippen LogP contribution is 2.60. The number of nitrogens with one attached hydrogen (secondary N) is 2. The Kier molecular flexibility index (Phi) is 8.47. The lowest BCUT2D eigenvalue weighted by Crippen LogP contribution is -2.51. The van der Waals surface area contributed by atoms with Gasteiger partial charge >= 0.3 is 12.1 Å². The molecule has 2 heterocycles. The largest absolute Gasteiger partial charge is 0.481 e. The van der Waals surface area contributed by atoms with Crippen LogP contribution in [0.25, 0.3) is 0 Å². The molecule has 1 saturated carbocycles. The number of hydrogen-bond acceptors (Lipinski definition) is 6. The minimum atomic E-state index is -0.915. The molecule has 208 valence electrons. The lowest BCUT2D eigenvalue weighted by atomic mass is 9.64. The molecule has 3 N–H and O–H groups in total. The minimum Gasteiger partial charge on any atom is -0.481 e. The number of carboxylic acid groups (broad SMARTS) is 1. The quantitative estimate of drug-likeness (QED) is 0.278. The average Bonchev–Trinajstić information content (AvgIpc) is 3.76. The first-order valence-corrected chi connectivity index (χ1v) is 13.5. The molecule has 2 aliphatic heterocycles. The summed E-state index contributed by atoms with van der Waals surface area (Å²) in [7, 11) is 0. The monoisotopic (exact) mass is 528 g/mol. The SMILES string of the molecule is CC(C)=CCC1OC1(C)[C@H]1[C@H](C)[C@H](OC(=O)NCc2ccc(NC(=O)CCCC(=O)O)cc2)CC[C@]12CO2. The van der Waals surface area contributed by atoms with Crippen molar-refractivity contribution in [3.8, 4) is 0 Å². The molecule has 3 fully saturated rings. The fourth-order valence-electron chi connectivity index (χ4n) is 5.98. The molecule has 2 amide bonds. The van der Waals surface area contributed by atoms with Crippen molar-refractivity contribution in [2.24, 2.45) is 11.8 Å². The summed E-state index contributed by atoms with van der Waals surface area (Å²) in [5, 5.41) is 14.3. The zero-order valence-electron chi connectivity index (χ0n) is 22.7.